The van der Waals surface area contributed by atoms with E-state index < -0.39 is 0 Å². The van der Waals surface area contributed by atoms with Crippen LogP contribution in [0.15, 0.2) is 34.3 Å². The van der Waals surface area contributed by atoms with Crippen LogP contribution in [0.3, 0.4) is 0 Å². The van der Waals surface area contributed by atoms with Crippen LogP contribution in [0.25, 0.3) is 0 Å². The molecule has 1 unspecified atom stereocenters. The zero-order valence-corrected chi connectivity index (χ0v) is 9.62. The number of hydrogen-bond donors (Lipinski definition) is 1. The van der Waals surface area contributed by atoms with E-state index >= 15 is 0 Å². The van der Waals surface area contributed by atoms with Gasteiger partial charge in [0.05, 0.1) is 10.2 Å². The van der Waals surface area contributed by atoms with Gasteiger partial charge in [-0.2, -0.15) is 0 Å². The van der Waals surface area contributed by atoms with Gasteiger partial charge in [-0.3, -0.25) is 4.79 Å². The number of nitrogen functional groups attached to an aromatic ring is 1. The minimum absolute atomic E-state index is 0.160. The summed E-state index contributed by atoms with van der Waals surface area (Å²) in [6.07, 6.45) is 6.08. The average molecular weight is 257 g/mol. The van der Waals surface area contributed by atoms with E-state index in [1.54, 1.807) is 12.4 Å². The Hall–Kier alpha value is -1.03. The lowest BCUT2D eigenvalue weighted by Gasteiger charge is -2.14. The largest absolute Gasteiger partial charge is 0.394 e. The van der Waals surface area contributed by atoms with Crippen molar-refractivity contribution in [2.75, 3.05) is 5.73 Å². The Morgan fingerprint density at radius 2 is 2.36 bits per heavy atom. The van der Waals surface area contributed by atoms with Crippen molar-refractivity contribution in [2.45, 2.75) is 19.4 Å². The van der Waals surface area contributed by atoms with Crippen molar-refractivity contribution in [1.82, 2.24) is 4.57 Å². The molecule has 76 valence electrons. The number of nitrogens with two attached hydrogens (primary N) is 1. The highest BCUT2D eigenvalue weighted by molar-refractivity contribution is 9.10. The molecule has 0 aliphatic carbocycles. The van der Waals surface area contributed by atoms with Crippen LogP contribution in [-0.4, -0.2) is 4.57 Å². The van der Waals surface area contributed by atoms with Crippen molar-refractivity contribution in [2.24, 2.45) is 0 Å². The minimum Gasteiger partial charge on any atom is -0.394 e. The summed E-state index contributed by atoms with van der Waals surface area (Å²) in [5, 5.41) is 0. The maximum Gasteiger partial charge on any atom is 0.218 e. The van der Waals surface area contributed by atoms with E-state index in [9.17, 15) is 4.79 Å². The van der Waals surface area contributed by atoms with E-state index in [1.807, 2.05) is 17.6 Å². The molecule has 4 heteroatoms. The predicted octanol–water partition coefficient (Wildman–Crippen LogP) is 2.33. The second-order valence-electron chi connectivity index (χ2n) is 3.21. The Balaban J connectivity index is 3.12. The lowest BCUT2D eigenvalue weighted by molar-refractivity contribution is 0.551. The van der Waals surface area contributed by atoms with Gasteiger partial charge in [0.2, 0.25) is 5.43 Å². The SMILES string of the molecule is C=CCC(C)n1cc(N)c(=O)c(Br)c1. The number of hydrogen-bond acceptors (Lipinski definition) is 2. The first-order valence-corrected chi connectivity index (χ1v) is 5.13. The molecule has 1 rings (SSSR count). The summed E-state index contributed by atoms with van der Waals surface area (Å²) in [5.74, 6) is 0. The van der Waals surface area contributed by atoms with Gasteiger partial charge in [0.25, 0.3) is 0 Å². The third-order valence-corrected chi connectivity index (χ3v) is 2.61. The van der Waals surface area contributed by atoms with E-state index in [2.05, 4.69) is 22.5 Å². The van der Waals surface area contributed by atoms with Crippen LogP contribution in [0.2, 0.25) is 0 Å². The summed E-state index contributed by atoms with van der Waals surface area (Å²) in [6.45, 7) is 5.71. The van der Waals surface area contributed by atoms with Crippen LogP contribution in [-0.2, 0) is 0 Å². The zero-order chi connectivity index (χ0) is 10.7. The van der Waals surface area contributed by atoms with Crippen LogP contribution in [0.5, 0.6) is 0 Å². The van der Waals surface area contributed by atoms with Crippen LogP contribution >= 0.6 is 15.9 Å². The molecule has 14 heavy (non-hydrogen) atoms. The van der Waals surface area contributed by atoms with Crippen LogP contribution in [0.4, 0.5) is 5.69 Å². The van der Waals surface area contributed by atoms with E-state index in [0.717, 1.165) is 6.42 Å². The van der Waals surface area contributed by atoms with E-state index in [4.69, 9.17) is 5.73 Å². The first kappa shape index (κ1) is 11.0. The number of nitrogens with zero attached hydrogens (tertiary/aromatic N) is 1. The van der Waals surface area contributed by atoms with Crippen molar-refractivity contribution in [3.05, 3.63) is 39.7 Å². The van der Waals surface area contributed by atoms with Crippen molar-refractivity contribution in [1.29, 1.82) is 0 Å². The van der Waals surface area contributed by atoms with Crippen LogP contribution in [0.1, 0.15) is 19.4 Å². The number of anilines is 1. The summed E-state index contributed by atoms with van der Waals surface area (Å²) in [5.41, 5.74) is 5.67. The molecule has 3 nitrogen and oxygen atoms in total. The van der Waals surface area contributed by atoms with Gasteiger partial charge in [0.1, 0.15) is 0 Å². The highest BCUT2D eigenvalue weighted by Crippen LogP contribution is 2.14. The highest BCUT2D eigenvalue weighted by Gasteiger charge is 2.06. The van der Waals surface area contributed by atoms with Crippen molar-refractivity contribution in [3.8, 4) is 0 Å². The molecule has 0 saturated heterocycles. The molecule has 1 aromatic rings. The fraction of sp³-hybridized carbons (Fsp3) is 0.300. The second kappa shape index (κ2) is 4.46. The number of aromatic nitrogens is 1. The first-order valence-electron chi connectivity index (χ1n) is 4.34. The Morgan fingerprint density at radius 3 is 2.86 bits per heavy atom. The topological polar surface area (TPSA) is 48.0 Å². The van der Waals surface area contributed by atoms with Gasteiger partial charge in [0, 0.05) is 18.4 Å². The Kier molecular flexibility index (Phi) is 3.52. The molecule has 1 atom stereocenters. The van der Waals surface area contributed by atoms with Crippen molar-refractivity contribution < 1.29 is 0 Å². The number of rotatable bonds is 3. The van der Waals surface area contributed by atoms with Gasteiger partial charge in [-0.05, 0) is 29.3 Å². The third-order valence-electron chi connectivity index (χ3n) is 2.05. The van der Waals surface area contributed by atoms with Gasteiger partial charge in [-0.25, -0.2) is 0 Å². The molecule has 2 N–H and O–H groups in total. The van der Waals surface area contributed by atoms with Crippen molar-refractivity contribution in [3.63, 3.8) is 0 Å². The molecule has 0 aliphatic rings. The molecular formula is C10H13BrN2O. The van der Waals surface area contributed by atoms with Gasteiger partial charge < -0.3 is 10.3 Å². The predicted molar refractivity (Wildman–Crippen MR) is 62.3 cm³/mol. The maximum atomic E-state index is 11.3. The van der Waals surface area contributed by atoms with E-state index in [-0.39, 0.29) is 17.2 Å². The first-order chi connectivity index (χ1) is 6.56. The molecule has 0 saturated carbocycles. The van der Waals surface area contributed by atoms with Gasteiger partial charge in [0.15, 0.2) is 0 Å². The molecule has 1 heterocycles. The Morgan fingerprint density at radius 1 is 1.71 bits per heavy atom. The molecule has 0 radical (unpaired) electrons. The van der Waals surface area contributed by atoms with Crippen LogP contribution in [0, 0.1) is 0 Å². The smallest absolute Gasteiger partial charge is 0.218 e. The summed E-state index contributed by atoms with van der Waals surface area (Å²) < 4.78 is 2.40. The van der Waals surface area contributed by atoms with Gasteiger partial charge in [-0.15, -0.1) is 6.58 Å². The third kappa shape index (κ3) is 2.26. The van der Waals surface area contributed by atoms with Gasteiger partial charge >= 0.3 is 0 Å². The highest BCUT2D eigenvalue weighted by atomic mass is 79.9. The molecule has 0 bridgehead atoms. The fourth-order valence-corrected chi connectivity index (χ4v) is 1.67. The monoisotopic (exact) mass is 256 g/mol. The van der Waals surface area contributed by atoms with Crippen molar-refractivity contribution >= 4 is 21.6 Å². The molecule has 1 aromatic heterocycles. The number of halogens is 1. The van der Waals surface area contributed by atoms with Crippen LogP contribution < -0.4 is 11.2 Å². The lowest BCUT2D eigenvalue weighted by atomic mass is 10.2. The molecule has 0 spiro atoms. The molecule has 0 fully saturated rings. The lowest BCUT2D eigenvalue weighted by Crippen LogP contribution is -2.15. The van der Waals surface area contributed by atoms with E-state index in [0.29, 0.717) is 4.47 Å². The number of allylic oxidation sites excluding steroid dienone is 1. The zero-order valence-electron chi connectivity index (χ0n) is 8.03. The molecule has 0 aliphatic heterocycles. The Labute approximate surface area is 91.4 Å². The van der Waals surface area contributed by atoms with E-state index in [1.165, 1.54) is 0 Å². The average Bonchev–Trinajstić information content (AvgIpc) is 2.13. The standard InChI is InChI=1S/C10H13BrN2O/c1-3-4-7(2)13-5-8(11)10(14)9(12)6-13/h3,5-7H,1,4,12H2,2H3. The summed E-state index contributed by atoms with van der Waals surface area (Å²) in [7, 11) is 0. The molecule has 0 amide bonds. The quantitative estimate of drug-likeness (QED) is 0.845. The second-order valence-corrected chi connectivity index (χ2v) is 4.07. The Bertz CT molecular complexity index is 371. The minimum atomic E-state index is -0.160. The normalized spacial score (nSPS) is 12.4. The number of pyridine rings is 1. The summed E-state index contributed by atoms with van der Waals surface area (Å²) >= 11 is 3.18. The van der Waals surface area contributed by atoms with Gasteiger partial charge in [-0.1, -0.05) is 6.08 Å². The summed E-state index contributed by atoms with van der Waals surface area (Å²) in [6, 6.07) is 0.256. The molecular weight excluding hydrogens is 244 g/mol. The summed E-state index contributed by atoms with van der Waals surface area (Å²) in [4.78, 5) is 11.3. The molecule has 0 aromatic carbocycles. The maximum absolute atomic E-state index is 11.3. The fourth-order valence-electron chi connectivity index (χ4n) is 1.20.